The van der Waals surface area contributed by atoms with Crippen molar-refractivity contribution in [1.82, 2.24) is 14.9 Å². The molecule has 1 aromatic carbocycles. The average Bonchev–Trinajstić information content (AvgIpc) is 2.77. The minimum atomic E-state index is -0.856. The Morgan fingerprint density at radius 2 is 1.90 bits per heavy atom. The first kappa shape index (κ1) is 14.9. The molecule has 110 valence electrons. The van der Waals surface area contributed by atoms with E-state index >= 15 is 0 Å². The summed E-state index contributed by atoms with van der Waals surface area (Å²) in [5.41, 5.74) is 1.11. The van der Waals surface area contributed by atoms with Gasteiger partial charge < -0.3 is 9.88 Å². The van der Waals surface area contributed by atoms with Crippen molar-refractivity contribution in [3.05, 3.63) is 30.1 Å². The number of aromatic nitrogens is 2. The van der Waals surface area contributed by atoms with Crippen molar-refractivity contribution in [3.63, 3.8) is 0 Å². The summed E-state index contributed by atoms with van der Waals surface area (Å²) in [6.45, 7) is 8.14. The summed E-state index contributed by atoms with van der Waals surface area (Å²) in [4.78, 5) is 4.13. The summed E-state index contributed by atoms with van der Waals surface area (Å²) in [7, 11) is 0. The molecule has 1 heterocycles. The van der Waals surface area contributed by atoms with Gasteiger partial charge in [-0.25, -0.2) is 13.8 Å². The number of rotatable bonds is 6. The molecule has 1 atom stereocenters. The number of hydrogen-bond acceptors (Lipinski definition) is 2. The Morgan fingerprint density at radius 3 is 2.60 bits per heavy atom. The molecule has 0 aliphatic carbocycles. The molecule has 0 spiro atoms. The van der Waals surface area contributed by atoms with Gasteiger partial charge in [0, 0.05) is 24.7 Å². The van der Waals surface area contributed by atoms with Gasteiger partial charge in [0.2, 0.25) is 0 Å². The summed E-state index contributed by atoms with van der Waals surface area (Å²) in [6, 6.07) is 2.49. The van der Waals surface area contributed by atoms with E-state index in [-0.39, 0.29) is 6.04 Å². The van der Waals surface area contributed by atoms with Crippen molar-refractivity contribution in [2.45, 2.75) is 33.2 Å². The first-order chi connectivity index (χ1) is 9.49. The highest BCUT2D eigenvalue weighted by atomic mass is 19.2. The quantitative estimate of drug-likeness (QED) is 0.821. The van der Waals surface area contributed by atoms with Crippen LogP contribution in [-0.4, -0.2) is 22.6 Å². The summed E-state index contributed by atoms with van der Waals surface area (Å²) in [5, 5.41) is 3.38. The molecule has 20 heavy (non-hydrogen) atoms. The van der Waals surface area contributed by atoms with Crippen LogP contribution in [0.15, 0.2) is 18.5 Å². The summed E-state index contributed by atoms with van der Waals surface area (Å²) < 4.78 is 28.4. The molecule has 2 rings (SSSR count). The second-order valence-electron chi connectivity index (χ2n) is 5.64. The van der Waals surface area contributed by atoms with Crippen LogP contribution in [0.1, 0.15) is 33.2 Å². The molecule has 1 N–H and O–H groups in total. The predicted molar refractivity (Wildman–Crippen MR) is 76.7 cm³/mol. The normalized spacial score (nSPS) is 13.3. The van der Waals surface area contributed by atoms with Gasteiger partial charge in [-0.2, -0.15) is 0 Å². The van der Waals surface area contributed by atoms with E-state index in [4.69, 9.17) is 0 Å². The lowest BCUT2D eigenvalue weighted by Gasteiger charge is -2.16. The fourth-order valence-electron chi connectivity index (χ4n) is 2.17. The fraction of sp³-hybridized carbons (Fsp3) is 0.533. The third-order valence-electron chi connectivity index (χ3n) is 3.43. The van der Waals surface area contributed by atoms with Gasteiger partial charge in [-0.05, 0) is 25.8 Å². The molecular formula is C15H21F2N3. The van der Waals surface area contributed by atoms with Crippen molar-refractivity contribution >= 4 is 11.0 Å². The van der Waals surface area contributed by atoms with E-state index in [1.165, 1.54) is 6.07 Å². The van der Waals surface area contributed by atoms with E-state index < -0.39 is 11.6 Å². The second-order valence-corrected chi connectivity index (χ2v) is 5.64. The van der Waals surface area contributed by atoms with Crippen molar-refractivity contribution in [2.24, 2.45) is 5.92 Å². The summed E-state index contributed by atoms with van der Waals surface area (Å²) in [6.07, 6.45) is 2.76. The minimum Gasteiger partial charge on any atom is -0.326 e. The molecule has 1 unspecified atom stereocenters. The molecule has 0 amide bonds. The maximum absolute atomic E-state index is 13.3. The minimum absolute atomic E-state index is 0.136. The molecule has 0 bridgehead atoms. The summed E-state index contributed by atoms with van der Waals surface area (Å²) >= 11 is 0. The van der Waals surface area contributed by atoms with Gasteiger partial charge in [-0.3, -0.25) is 0 Å². The largest absolute Gasteiger partial charge is 0.326 e. The number of hydrogen-bond donors (Lipinski definition) is 1. The van der Waals surface area contributed by atoms with Crippen LogP contribution in [0.5, 0.6) is 0 Å². The molecule has 0 saturated heterocycles. The summed E-state index contributed by atoms with van der Waals surface area (Å²) in [5.74, 6) is -1.02. The van der Waals surface area contributed by atoms with Gasteiger partial charge in [0.1, 0.15) is 0 Å². The maximum Gasteiger partial charge on any atom is 0.161 e. The Bertz CT molecular complexity index is 578. The lowest BCUT2D eigenvalue weighted by atomic mass is 10.1. The number of nitrogens with one attached hydrogen (secondary N) is 1. The van der Waals surface area contributed by atoms with Gasteiger partial charge in [-0.15, -0.1) is 0 Å². The average molecular weight is 281 g/mol. The first-order valence-corrected chi connectivity index (χ1v) is 7.01. The van der Waals surface area contributed by atoms with Gasteiger partial charge in [0.15, 0.2) is 11.6 Å². The van der Waals surface area contributed by atoms with Crippen LogP contribution < -0.4 is 5.32 Å². The van der Waals surface area contributed by atoms with Crippen LogP contribution in [0.3, 0.4) is 0 Å². The van der Waals surface area contributed by atoms with Crippen molar-refractivity contribution in [2.75, 3.05) is 13.1 Å². The monoisotopic (exact) mass is 281 g/mol. The van der Waals surface area contributed by atoms with Gasteiger partial charge in [0.25, 0.3) is 0 Å². The Morgan fingerprint density at radius 1 is 1.20 bits per heavy atom. The molecule has 5 heteroatoms. The van der Waals surface area contributed by atoms with Crippen molar-refractivity contribution in [1.29, 1.82) is 0 Å². The second kappa shape index (κ2) is 6.31. The Hall–Kier alpha value is -1.49. The van der Waals surface area contributed by atoms with E-state index in [2.05, 4.69) is 24.1 Å². The molecule has 0 aliphatic heterocycles. The fourth-order valence-corrected chi connectivity index (χ4v) is 2.17. The molecule has 0 radical (unpaired) electrons. The van der Waals surface area contributed by atoms with Gasteiger partial charge >= 0.3 is 0 Å². The number of nitrogens with zero attached hydrogens (tertiary/aromatic N) is 2. The van der Waals surface area contributed by atoms with Crippen LogP contribution in [0.4, 0.5) is 8.78 Å². The Kier molecular flexibility index (Phi) is 4.70. The number of fused-ring (bicyclic) bond motifs is 1. The zero-order valence-corrected chi connectivity index (χ0v) is 12.2. The molecule has 2 aromatic rings. The van der Waals surface area contributed by atoms with E-state index in [1.807, 2.05) is 11.5 Å². The van der Waals surface area contributed by atoms with Gasteiger partial charge in [0.05, 0.1) is 17.4 Å². The SMILES string of the molecule is CC(C)CCNCC(C)n1cnc2cc(F)c(F)cc21. The maximum atomic E-state index is 13.3. The predicted octanol–water partition coefficient (Wildman–Crippen LogP) is 3.51. The lowest BCUT2D eigenvalue weighted by molar-refractivity contribution is 0.472. The highest BCUT2D eigenvalue weighted by Gasteiger charge is 2.12. The molecule has 0 saturated carbocycles. The zero-order valence-electron chi connectivity index (χ0n) is 12.2. The topological polar surface area (TPSA) is 29.9 Å². The third kappa shape index (κ3) is 3.33. The van der Waals surface area contributed by atoms with Crippen LogP contribution >= 0.6 is 0 Å². The highest BCUT2D eigenvalue weighted by molar-refractivity contribution is 5.75. The molecule has 3 nitrogen and oxygen atoms in total. The third-order valence-corrected chi connectivity index (χ3v) is 3.43. The van der Waals surface area contributed by atoms with E-state index in [1.54, 1.807) is 6.33 Å². The van der Waals surface area contributed by atoms with E-state index in [9.17, 15) is 8.78 Å². The van der Waals surface area contributed by atoms with Crippen molar-refractivity contribution in [3.8, 4) is 0 Å². The number of imidazole rings is 1. The Balaban J connectivity index is 2.06. The standard InChI is InChI=1S/C15H21F2N3/c1-10(2)4-5-18-8-11(3)20-9-19-14-6-12(16)13(17)7-15(14)20/h6-7,9-11,18H,4-5,8H2,1-3H3. The van der Waals surface area contributed by atoms with E-state index in [0.717, 1.165) is 25.6 Å². The smallest absolute Gasteiger partial charge is 0.161 e. The zero-order chi connectivity index (χ0) is 14.7. The number of benzene rings is 1. The molecule has 0 fully saturated rings. The van der Waals surface area contributed by atoms with Crippen LogP contribution in [0.25, 0.3) is 11.0 Å². The Labute approximate surface area is 118 Å². The lowest BCUT2D eigenvalue weighted by Crippen LogP contribution is -2.25. The molecule has 1 aromatic heterocycles. The van der Waals surface area contributed by atoms with E-state index in [0.29, 0.717) is 17.0 Å². The molecule has 0 aliphatic rings. The van der Waals surface area contributed by atoms with Crippen molar-refractivity contribution < 1.29 is 8.78 Å². The van der Waals surface area contributed by atoms with Crippen LogP contribution in [0, 0.1) is 17.6 Å². The molecular weight excluding hydrogens is 260 g/mol. The van der Waals surface area contributed by atoms with Crippen LogP contribution in [0.2, 0.25) is 0 Å². The highest BCUT2D eigenvalue weighted by Crippen LogP contribution is 2.20. The first-order valence-electron chi connectivity index (χ1n) is 7.01. The number of halogens is 2. The van der Waals surface area contributed by atoms with Gasteiger partial charge in [-0.1, -0.05) is 13.8 Å². The van der Waals surface area contributed by atoms with Crippen LogP contribution in [-0.2, 0) is 0 Å².